The summed E-state index contributed by atoms with van der Waals surface area (Å²) in [6, 6.07) is 8.15. The average molecular weight is 406 g/mol. The first-order valence-corrected chi connectivity index (χ1v) is 8.87. The molecule has 0 aliphatic carbocycles. The minimum Gasteiger partial charge on any atom is -0.321 e. The number of tetrazole rings is 1. The van der Waals surface area contributed by atoms with Crippen molar-refractivity contribution in [3.05, 3.63) is 63.8 Å². The molecular weight excluding hydrogens is 396 g/mol. The number of thiophene rings is 1. The highest BCUT2D eigenvalue weighted by atomic mass is 35.5. The number of aromatic nitrogens is 4. The molecule has 0 saturated heterocycles. The maximum atomic E-state index is 14.1. The molecule has 0 unspecified atom stereocenters. The van der Waals surface area contributed by atoms with Gasteiger partial charge in [0.15, 0.2) is 5.82 Å². The lowest BCUT2D eigenvalue weighted by Gasteiger charge is -2.08. The van der Waals surface area contributed by atoms with Crippen LogP contribution >= 0.6 is 22.9 Å². The number of nitrogens with one attached hydrogen (secondary N) is 1. The van der Waals surface area contributed by atoms with Crippen molar-refractivity contribution in [3.8, 4) is 5.69 Å². The Balaban J connectivity index is 1.68. The van der Waals surface area contributed by atoms with E-state index in [0.29, 0.717) is 21.6 Å². The number of benzene rings is 2. The van der Waals surface area contributed by atoms with Gasteiger partial charge in [-0.05, 0) is 53.7 Å². The van der Waals surface area contributed by atoms with Crippen molar-refractivity contribution in [1.82, 2.24) is 20.2 Å². The lowest BCUT2D eigenvalue weighted by molar-refractivity contribution is 0.103. The molecule has 2 heterocycles. The SMILES string of the molecule is Cc1nnnn1-c1cc(NC(=O)c2sc3cc(F)ccc3c2Cl)ccc1F. The summed E-state index contributed by atoms with van der Waals surface area (Å²) in [7, 11) is 0. The van der Waals surface area contributed by atoms with Gasteiger partial charge in [-0.15, -0.1) is 16.4 Å². The number of hydrogen-bond donors (Lipinski definition) is 1. The van der Waals surface area contributed by atoms with Gasteiger partial charge in [-0.3, -0.25) is 4.79 Å². The summed E-state index contributed by atoms with van der Waals surface area (Å²) in [4.78, 5) is 12.9. The first-order valence-electron chi connectivity index (χ1n) is 7.68. The van der Waals surface area contributed by atoms with E-state index in [1.54, 1.807) is 6.92 Å². The van der Waals surface area contributed by atoms with E-state index in [2.05, 4.69) is 20.8 Å². The molecule has 0 saturated carbocycles. The van der Waals surface area contributed by atoms with Crippen molar-refractivity contribution < 1.29 is 13.6 Å². The number of carbonyl (C=O) groups excluding carboxylic acids is 1. The minimum atomic E-state index is -0.543. The summed E-state index contributed by atoms with van der Waals surface area (Å²) in [5.41, 5.74) is 0.436. The van der Waals surface area contributed by atoms with Gasteiger partial charge in [-0.2, -0.15) is 4.68 Å². The summed E-state index contributed by atoms with van der Waals surface area (Å²) in [6.07, 6.45) is 0. The number of hydrogen-bond acceptors (Lipinski definition) is 5. The van der Waals surface area contributed by atoms with Crippen LogP contribution in [-0.4, -0.2) is 26.1 Å². The van der Waals surface area contributed by atoms with E-state index >= 15 is 0 Å². The third-order valence-corrected chi connectivity index (χ3v) is 5.51. The number of carbonyl (C=O) groups is 1. The predicted molar refractivity (Wildman–Crippen MR) is 98.6 cm³/mol. The molecule has 136 valence electrons. The van der Waals surface area contributed by atoms with Crippen molar-refractivity contribution >= 4 is 44.6 Å². The van der Waals surface area contributed by atoms with Crippen LogP contribution in [0.5, 0.6) is 0 Å². The molecule has 0 radical (unpaired) electrons. The number of fused-ring (bicyclic) bond motifs is 1. The van der Waals surface area contributed by atoms with E-state index in [1.807, 2.05) is 0 Å². The van der Waals surface area contributed by atoms with Crippen LogP contribution in [0.4, 0.5) is 14.5 Å². The van der Waals surface area contributed by atoms with Gasteiger partial charge < -0.3 is 5.32 Å². The summed E-state index contributed by atoms with van der Waals surface area (Å²) in [6.45, 7) is 1.63. The van der Waals surface area contributed by atoms with Crippen molar-refractivity contribution in [1.29, 1.82) is 0 Å². The number of anilines is 1. The molecule has 1 N–H and O–H groups in total. The third-order valence-electron chi connectivity index (χ3n) is 3.86. The molecule has 6 nitrogen and oxygen atoms in total. The van der Waals surface area contributed by atoms with Crippen LogP contribution in [0.1, 0.15) is 15.5 Å². The van der Waals surface area contributed by atoms with E-state index in [1.165, 1.54) is 41.1 Å². The van der Waals surface area contributed by atoms with Crippen LogP contribution in [0.25, 0.3) is 15.8 Å². The maximum absolute atomic E-state index is 14.1. The zero-order valence-electron chi connectivity index (χ0n) is 13.7. The molecule has 10 heteroatoms. The number of aryl methyl sites for hydroxylation is 1. The Morgan fingerprint density at radius 2 is 2.04 bits per heavy atom. The fraction of sp³-hybridized carbons (Fsp3) is 0.0588. The average Bonchev–Trinajstić information content (AvgIpc) is 3.20. The molecular formula is C17H10ClF2N5OS. The molecule has 0 fully saturated rings. The Morgan fingerprint density at radius 1 is 1.22 bits per heavy atom. The second-order valence-electron chi connectivity index (χ2n) is 5.64. The highest BCUT2D eigenvalue weighted by Gasteiger charge is 2.19. The Kier molecular flexibility index (Phi) is 4.33. The Morgan fingerprint density at radius 3 is 2.78 bits per heavy atom. The maximum Gasteiger partial charge on any atom is 0.267 e. The van der Waals surface area contributed by atoms with Crippen LogP contribution in [0, 0.1) is 18.6 Å². The van der Waals surface area contributed by atoms with Gasteiger partial charge in [0.2, 0.25) is 0 Å². The zero-order chi connectivity index (χ0) is 19.1. The molecule has 2 aromatic heterocycles. The monoisotopic (exact) mass is 405 g/mol. The summed E-state index contributed by atoms with van der Waals surface area (Å²) in [5.74, 6) is -1.04. The standard InChI is InChI=1S/C17H10ClF2N5OS/c1-8-22-23-24-25(8)13-7-10(3-5-12(13)20)21-17(26)16-15(18)11-4-2-9(19)6-14(11)27-16/h2-7H,1H3,(H,21,26). The molecule has 1 amide bonds. The van der Waals surface area contributed by atoms with Crippen molar-refractivity contribution in [2.24, 2.45) is 0 Å². The Hall–Kier alpha value is -2.91. The van der Waals surface area contributed by atoms with Crippen molar-refractivity contribution in [2.45, 2.75) is 6.92 Å². The molecule has 0 atom stereocenters. The van der Waals surface area contributed by atoms with Gasteiger partial charge >= 0.3 is 0 Å². The van der Waals surface area contributed by atoms with E-state index in [0.717, 1.165) is 11.3 Å². The Labute approximate surface area is 160 Å². The van der Waals surface area contributed by atoms with Crippen molar-refractivity contribution in [2.75, 3.05) is 5.32 Å². The molecule has 0 aliphatic heterocycles. The van der Waals surface area contributed by atoms with E-state index in [-0.39, 0.29) is 15.6 Å². The molecule has 0 bridgehead atoms. The highest BCUT2D eigenvalue weighted by Crippen LogP contribution is 2.36. The lowest BCUT2D eigenvalue weighted by atomic mass is 10.2. The van der Waals surface area contributed by atoms with Crippen LogP contribution in [-0.2, 0) is 0 Å². The normalized spacial score (nSPS) is 11.1. The van der Waals surface area contributed by atoms with Gasteiger partial charge in [-0.1, -0.05) is 11.6 Å². The number of nitrogens with zero attached hydrogens (tertiary/aromatic N) is 4. The second kappa shape index (κ2) is 6.67. The molecule has 27 heavy (non-hydrogen) atoms. The summed E-state index contributed by atoms with van der Waals surface area (Å²) < 4.78 is 29.3. The number of rotatable bonds is 3. The predicted octanol–water partition coefficient (Wildman–Crippen LogP) is 4.37. The van der Waals surface area contributed by atoms with Crippen molar-refractivity contribution in [3.63, 3.8) is 0 Å². The van der Waals surface area contributed by atoms with Gasteiger partial charge in [-0.25, -0.2) is 8.78 Å². The molecule has 4 rings (SSSR count). The van der Waals surface area contributed by atoms with Gasteiger partial charge in [0.25, 0.3) is 5.91 Å². The van der Waals surface area contributed by atoms with E-state index < -0.39 is 17.5 Å². The summed E-state index contributed by atoms with van der Waals surface area (Å²) in [5, 5.41) is 14.4. The molecule has 4 aromatic rings. The van der Waals surface area contributed by atoms with Gasteiger partial charge in [0.1, 0.15) is 22.2 Å². The first kappa shape index (κ1) is 17.5. The topological polar surface area (TPSA) is 72.7 Å². The molecule has 0 spiro atoms. The van der Waals surface area contributed by atoms with E-state index in [4.69, 9.17) is 11.6 Å². The summed E-state index contributed by atoms with van der Waals surface area (Å²) >= 11 is 7.34. The van der Waals surface area contributed by atoms with E-state index in [9.17, 15) is 13.6 Å². The molecule has 0 aliphatic rings. The zero-order valence-corrected chi connectivity index (χ0v) is 15.3. The minimum absolute atomic E-state index is 0.0970. The number of amides is 1. The molecule has 2 aromatic carbocycles. The van der Waals surface area contributed by atoms with Gasteiger partial charge in [0.05, 0.1) is 5.02 Å². The Bertz CT molecular complexity index is 1190. The van der Waals surface area contributed by atoms with Crippen LogP contribution in [0.2, 0.25) is 5.02 Å². The highest BCUT2D eigenvalue weighted by molar-refractivity contribution is 7.21. The largest absolute Gasteiger partial charge is 0.321 e. The first-order chi connectivity index (χ1) is 12.9. The van der Waals surface area contributed by atoms with Crippen LogP contribution < -0.4 is 5.32 Å². The lowest BCUT2D eigenvalue weighted by Crippen LogP contribution is -2.12. The fourth-order valence-corrected chi connectivity index (χ4v) is 4.02. The van der Waals surface area contributed by atoms with Crippen LogP contribution in [0.15, 0.2) is 36.4 Å². The number of halogens is 3. The second-order valence-corrected chi connectivity index (χ2v) is 7.07. The van der Waals surface area contributed by atoms with Crippen LogP contribution in [0.3, 0.4) is 0 Å². The van der Waals surface area contributed by atoms with Gasteiger partial charge in [0, 0.05) is 15.8 Å². The smallest absolute Gasteiger partial charge is 0.267 e. The quantitative estimate of drug-likeness (QED) is 0.549. The third kappa shape index (κ3) is 3.15. The fourth-order valence-electron chi connectivity index (χ4n) is 2.58.